The van der Waals surface area contributed by atoms with Crippen LogP contribution in [-0.2, 0) is 4.74 Å². The second kappa shape index (κ2) is 5.57. The van der Waals surface area contributed by atoms with Gasteiger partial charge in [0.25, 0.3) is 0 Å². The lowest BCUT2D eigenvalue weighted by molar-refractivity contribution is -0.178. The van der Waals surface area contributed by atoms with Gasteiger partial charge in [-0.3, -0.25) is 0 Å². The van der Waals surface area contributed by atoms with Gasteiger partial charge in [-0.25, -0.2) is 0 Å². The average molecular weight is 253 g/mol. The molecule has 2 nitrogen and oxygen atoms in total. The summed E-state index contributed by atoms with van der Waals surface area (Å²) < 4.78 is 40.7. The van der Waals surface area contributed by atoms with Gasteiger partial charge >= 0.3 is 6.18 Å². The van der Waals surface area contributed by atoms with Crippen molar-refractivity contribution in [2.45, 2.75) is 45.8 Å². The molecule has 0 aliphatic heterocycles. The molecule has 17 heavy (non-hydrogen) atoms. The highest BCUT2D eigenvalue weighted by molar-refractivity contribution is 4.84. The maximum Gasteiger partial charge on any atom is 0.411 e. The van der Waals surface area contributed by atoms with E-state index in [1.165, 1.54) is 12.8 Å². The van der Waals surface area contributed by atoms with Crippen LogP contribution in [0.25, 0.3) is 0 Å². The normalized spacial score (nSPS) is 19.4. The van der Waals surface area contributed by atoms with Gasteiger partial charge in [0.1, 0.15) is 6.61 Å². The van der Waals surface area contributed by atoms with E-state index in [0.29, 0.717) is 6.04 Å². The van der Waals surface area contributed by atoms with E-state index < -0.39 is 12.8 Å². The van der Waals surface area contributed by atoms with Crippen LogP contribution in [0.15, 0.2) is 0 Å². The van der Waals surface area contributed by atoms with Gasteiger partial charge in [-0.2, -0.15) is 13.2 Å². The van der Waals surface area contributed by atoms with Crippen LogP contribution in [0.1, 0.15) is 33.6 Å². The van der Waals surface area contributed by atoms with Crippen LogP contribution in [0, 0.1) is 11.3 Å². The molecule has 0 saturated heterocycles. The van der Waals surface area contributed by atoms with Crippen molar-refractivity contribution in [3.8, 4) is 0 Å². The van der Waals surface area contributed by atoms with Crippen molar-refractivity contribution >= 4 is 0 Å². The molecule has 1 aliphatic carbocycles. The summed E-state index contributed by atoms with van der Waals surface area (Å²) in [5, 5.41) is 3.35. The summed E-state index contributed by atoms with van der Waals surface area (Å²) in [6.45, 7) is 5.83. The number of rotatable bonds is 6. The number of ether oxygens (including phenoxy) is 1. The predicted octanol–water partition coefficient (Wildman–Crippen LogP) is 2.98. The lowest BCUT2D eigenvalue weighted by atomic mass is 9.81. The first-order chi connectivity index (χ1) is 7.68. The minimum Gasteiger partial charge on any atom is -0.372 e. The topological polar surface area (TPSA) is 21.3 Å². The Morgan fingerprint density at radius 2 is 1.82 bits per heavy atom. The number of hydrogen-bond donors (Lipinski definition) is 1. The van der Waals surface area contributed by atoms with E-state index in [9.17, 15) is 13.2 Å². The summed E-state index contributed by atoms with van der Waals surface area (Å²) in [6, 6.07) is 0.572. The quantitative estimate of drug-likeness (QED) is 0.785. The van der Waals surface area contributed by atoms with Gasteiger partial charge in [0, 0.05) is 12.6 Å². The minimum absolute atomic E-state index is 0.0481. The average Bonchev–Trinajstić information content (AvgIpc) is 2.90. The lowest BCUT2D eigenvalue weighted by Gasteiger charge is -2.31. The van der Waals surface area contributed by atoms with Crippen molar-refractivity contribution in [3.05, 3.63) is 0 Å². The van der Waals surface area contributed by atoms with E-state index in [4.69, 9.17) is 4.74 Å². The fourth-order valence-electron chi connectivity index (χ4n) is 1.53. The first-order valence-electron chi connectivity index (χ1n) is 6.06. The number of hydrogen-bond acceptors (Lipinski definition) is 2. The molecule has 1 aliphatic rings. The van der Waals surface area contributed by atoms with Crippen LogP contribution in [0.4, 0.5) is 13.2 Å². The second-order valence-electron chi connectivity index (χ2n) is 5.88. The van der Waals surface area contributed by atoms with Gasteiger partial charge < -0.3 is 10.1 Å². The summed E-state index contributed by atoms with van der Waals surface area (Å²) in [7, 11) is 0. The maximum absolute atomic E-state index is 12.0. The Morgan fingerprint density at radius 3 is 2.24 bits per heavy atom. The molecule has 0 aromatic rings. The molecule has 1 fully saturated rings. The number of halogens is 3. The van der Waals surface area contributed by atoms with Gasteiger partial charge in [-0.15, -0.1) is 0 Å². The molecule has 1 saturated carbocycles. The van der Waals surface area contributed by atoms with Crippen LogP contribution in [-0.4, -0.2) is 32.0 Å². The first kappa shape index (κ1) is 14.8. The minimum atomic E-state index is -4.23. The van der Waals surface area contributed by atoms with Crippen LogP contribution < -0.4 is 5.32 Å². The molecule has 0 heterocycles. The Balaban J connectivity index is 2.29. The van der Waals surface area contributed by atoms with Crippen LogP contribution in [0.3, 0.4) is 0 Å². The fraction of sp³-hybridized carbons (Fsp3) is 1.00. The highest BCUT2D eigenvalue weighted by Crippen LogP contribution is 2.28. The number of alkyl halides is 3. The monoisotopic (exact) mass is 253 g/mol. The maximum atomic E-state index is 12.0. The second-order valence-corrected chi connectivity index (χ2v) is 5.88. The zero-order chi connectivity index (χ0) is 13.1. The Hall–Kier alpha value is -0.290. The summed E-state index contributed by atoms with van der Waals surface area (Å²) in [4.78, 5) is 0. The van der Waals surface area contributed by atoms with E-state index in [1.807, 2.05) is 20.8 Å². The molecule has 0 radical (unpaired) electrons. The highest BCUT2D eigenvalue weighted by atomic mass is 19.4. The summed E-state index contributed by atoms with van der Waals surface area (Å²) in [5.74, 6) is 0.102. The molecule has 0 spiro atoms. The molecule has 0 aromatic carbocycles. The molecular weight excluding hydrogens is 231 g/mol. The third-order valence-electron chi connectivity index (χ3n) is 3.04. The zero-order valence-electron chi connectivity index (χ0n) is 10.7. The molecular formula is C12H22F3NO. The first-order valence-corrected chi connectivity index (χ1v) is 6.06. The standard InChI is InChI=1S/C12H22F3NO/c1-11(2,3)9(6-16-10-4-5-10)7-17-8-12(13,14)15/h9-10,16H,4-8H2,1-3H3. The largest absolute Gasteiger partial charge is 0.411 e. The van der Waals surface area contributed by atoms with Crippen molar-refractivity contribution in [1.82, 2.24) is 5.32 Å². The fourth-order valence-corrected chi connectivity index (χ4v) is 1.53. The van der Waals surface area contributed by atoms with Crippen molar-refractivity contribution < 1.29 is 17.9 Å². The van der Waals surface area contributed by atoms with Gasteiger partial charge in [0.05, 0.1) is 6.61 Å². The number of nitrogens with one attached hydrogen (secondary N) is 1. The van der Waals surface area contributed by atoms with Crippen molar-refractivity contribution in [2.75, 3.05) is 19.8 Å². The Morgan fingerprint density at radius 1 is 1.24 bits per heavy atom. The molecule has 1 atom stereocenters. The molecule has 102 valence electrons. The van der Waals surface area contributed by atoms with Gasteiger partial charge in [0.2, 0.25) is 0 Å². The van der Waals surface area contributed by atoms with Gasteiger partial charge in [0.15, 0.2) is 0 Å². The van der Waals surface area contributed by atoms with Crippen molar-refractivity contribution in [1.29, 1.82) is 0 Å². The molecule has 0 bridgehead atoms. The Labute approximate surface area is 101 Å². The van der Waals surface area contributed by atoms with Crippen molar-refractivity contribution in [3.63, 3.8) is 0 Å². The van der Waals surface area contributed by atoms with Gasteiger partial charge in [-0.1, -0.05) is 20.8 Å². The zero-order valence-corrected chi connectivity index (χ0v) is 10.7. The van der Waals surface area contributed by atoms with Crippen LogP contribution >= 0.6 is 0 Å². The lowest BCUT2D eigenvalue weighted by Crippen LogP contribution is -2.36. The molecule has 1 rings (SSSR count). The Bertz CT molecular complexity index is 231. The summed E-state index contributed by atoms with van der Waals surface area (Å²) >= 11 is 0. The van der Waals surface area contributed by atoms with E-state index in [0.717, 1.165) is 6.54 Å². The van der Waals surface area contributed by atoms with Gasteiger partial charge in [-0.05, 0) is 24.2 Å². The summed E-state index contributed by atoms with van der Waals surface area (Å²) in [6.07, 6.45) is -1.87. The molecule has 0 aromatic heterocycles. The van der Waals surface area contributed by atoms with E-state index in [1.54, 1.807) is 0 Å². The molecule has 0 amide bonds. The molecule has 1 unspecified atom stereocenters. The molecule has 5 heteroatoms. The SMILES string of the molecule is CC(C)(C)C(CNC1CC1)COCC(F)(F)F. The van der Waals surface area contributed by atoms with Crippen LogP contribution in [0.2, 0.25) is 0 Å². The third-order valence-corrected chi connectivity index (χ3v) is 3.04. The third kappa shape index (κ3) is 6.88. The van der Waals surface area contributed by atoms with E-state index >= 15 is 0 Å². The van der Waals surface area contributed by atoms with E-state index in [-0.39, 0.29) is 17.9 Å². The molecule has 1 N–H and O–H groups in total. The van der Waals surface area contributed by atoms with E-state index in [2.05, 4.69) is 5.32 Å². The predicted molar refractivity (Wildman–Crippen MR) is 60.8 cm³/mol. The highest BCUT2D eigenvalue weighted by Gasteiger charge is 2.31. The van der Waals surface area contributed by atoms with Crippen molar-refractivity contribution in [2.24, 2.45) is 11.3 Å². The summed E-state index contributed by atoms with van der Waals surface area (Å²) in [5.41, 5.74) is -0.0481. The van der Waals surface area contributed by atoms with Crippen LogP contribution in [0.5, 0.6) is 0 Å². The smallest absolute Gasteiger partial charge is 0.372 e. The Kier molecular flexibility index (Phi) is 4.84.